The highest BCUT2D eigenvalue weighted by Gasteiger charge is 2.11. The Morgan fingerprint density at radius 2 is 1.93 bits per heavy atom. The highest BCUT2D eigenvalue weighted by Crippen LogP contribution is 2.26. The molecular formula is C8H2Cl2FIN2. The molecule has 0 saturated carbocycles. The molecule has 14 heavy (non-hydrogen) atoms. The van der Waals surface area contributed by atoms with Crippen LogP contribution in [0, 0.1) is 9.39 Å². The minimum atomic E-state index is -0.422. The quantitative estimate of drug-likeness (QED) is 0.414. The normalized spacial score (nSPS) is 10.9. The number of rotatable bonds is 0. The van der Waals surface area contributed by atoms with Crippen LogP contribution in [-0.2, 0) is 0 Å². The third-order valence-electron chi connectivity index (χ3n) is 1.69. The predicted molar refractivity (Wildman–Crippen MR) is 62.2 cm³/mol. The molecule has 6 heteroatoms. The summed E-state index contributed by atoms with van der Waals surface area (Å²) >= 11 is 13.2. The first-order chi connectivity index (χ1) is 6.59. The van der Waals surface area contributed by atoms with Gasteiger partial charge in [0.25, 0.3) is 0 Å². The average molecular weight is 343 g/mol. The van der Waals surface area contributed by atoms with Crippen molar-refractivity contribution in [2.45, 2.75) is 0 Å². The molecule has 0 spiro atoms. The number of hydrogen-bond acceptors (Lipinski definition) is 2. The number of fused-ring (bicyclic) bond motifs is 1. The molecule has 0 saturated heterocycles. The van der Waals surface area contributed by atoms with Crippen LogP contribution in [0.5, 0.6) is 0 Å². The van der Waals surface area contributed by atoms with Gasteiger partial charge in [0.15, 0.2) is 5.82 Å². The second-order valence-electron chi connectivity index (χ2n) is 2.54. The Hall–Kier alpha value is -0.200. The minimum absolute atomic E-state index is 0.0524. The molecule has 72 valence electrons. The highest BCUT2D eigenvalue weighted by atomic mass is 127. The lowest BCUT2D eigenvalue weighted by Gasteiger charge is -2.02. The van der Waals surface area contributed by atoms with Crippen LogP contribution in [0.15, 0.2) is 12.1 Å². The molecule has 0 N–H and O–H groups in total. The number of benzene rings is 1. The fourth-order valence-electron chi connectivity index (χ4n) is 1.07. The lowest BCUT2D eigenvalue weighted by molar-refractivity contribution is 0.629. The zero-order valence-corrected chi connectivity index (χ0v) is 10.2. The van der Waals surface area contributed by atoms with E-state index in [2.05, 4.69) is 9.97 Å². The zero-order chi connectivity index (χ0) is 10.3. The van der Waals surface area contributed by atoms with Crippen molar-refractivity contribution in [2.75, 3.05) is 0 Å². The van der Waals surface area contributed by atoms with Gasteiger partial charge >= 0.3 is 0 Å². The lowest BCUT2D eigenvalue weighted by Crippen LogP contribution is -1.92. The summed E-state index contributed by atoms with van der Waals surface area (Å²) in [6.45, 7) is 0. The van der Waals surface area contributed by atoms with Gasteiger partial charge in [-0.05, 0) is 46.3 Å². The summed E-state index contributed by atoms with van der Waals surface area (Å²) in [5.41, 5.74) is 0.155. The Morgan fingerprint density at radius 1 is 1.21 bits per heavy atom. The fraction of sp³-hybridized carbons (Fsp3) is 0. The first-order valence-corrected chi connectivity index (χ1v) is 5.40. The van der Waals surface area contributed by atoms with Gasteiger partial charge in [-0.3, -0.25) is 0 Å². The van der Waals surface area contributed by atoms with Gasteiger partial charge in [0.1, 0.15) is 10.7 Å². The number of hydrogen-bond donors (Lipinski definition) is 0. The van der Waals surface area contributed by atoms with Crippen molar-refractivity contribution in [2.24, 2.45) is 0 Å². The van der Waals surface area contributed by atoms with Crippen LogP contribution in [0.1, 0.15) is 0 Å². The topological polar surface area (TPSA) is 25.8 Å². The van der Waals surface area contributed by atoms with E-state index in [9.17, 15) is 4.39 Å². The first kappa shape index (κ1) is 10.3. The van der Waals surface area contributed by atoms with Crippen LogP contribution in [0.3, 0.4) is 0 Å². The summed E-state index contributed by atoms with van der Waals surface area (Å²) in [6.07, 6.45) is 0. The summed E-state index contributed by atoms with van der Waals surface area (Å²) in [5.74, 6) is -0.422. The van der Waals surface area contributed by atoms with E-state index in [-0.39, 0.29) is 16.0 Å². The molecule has 2 nitrogen and oxygen atoms in total. The van der Waals surface area contributed by atoms with Crippen LogP contribution in [0.25, 0.3) is 10.9 Å². The lowest BCUT2D eigenvalue weighted by atomic mass is 10.2. The van der Waals surface area contributed by atoms with Crippen molar-refractivity contribution in [1.29, 1.82) is 0 Å². The van der Waals surface area contributed by atoms with Gasteiger partial charge in [-0.1, -0.05) is 11.6 Å². The Kier molecular flexibility index (Phi) is 2.77. The molecule has 0 aliphatic heterocycles. The molecule has 2 aromatic rings. The third kappa shape index (κ3) is 1.66. The Bertz CT molecular complexity index is 518. The molecule has 0 aliphatic rings. The van der Waals surface area contributed by atoms with E-state index < -0.39 is 5.82 Å². The van der Waals surface area contributed by atoms with Crippen LogP contribution >= 0.6 is 45.8 Å². The maximum Gasteiger partial charge on any atom is 0.224 e. The fourth-order valence-corrected chi connectivity index (χ4v) is 1.95. The molecule has 0 bridgehead atoms. The van der Waals surface area contributed by atoms with Crippen LogP contribution in [-0.4, -0.2) is 9.97 Å². The Balaban J connectivity index is 2.95. The molecule has 1 aromatic heterocycles. The van der Waals surface area contributed by atoms with E-state index in [1.165, 1.54) is 0 Å². The highest BCUT2D eigenvalue weighted by molar-refractivity contribution is 14.1. The molecule has 0 unspecified atom stereocenters. The van der Waals surface area contributed by atoms with Gasteiger partial charge in [-0.2, -0.15) is 0 Å². The second-order valence-corrected chi connectivity index (χ2v) is 4.40. The molecule has 0 amide bonds. The van der Waals surface area contributed by atoms with Crippen molar-refractivity contribution in [3.8, 4) is 0 Å². The molecule has 2 rings (SSSR count). The van der Waals surface area contributed by atoms with Gasteiger partial charge in [-0.25, -0.2) is 14.4 Å². The zero-order valence-electron chi connectivity index (χ0n) is 6.56. The van der Waals surface area contributed by atoms with Crippen LogP contribution in [0.4, 0.5) is 4.39 Å². The summed E-state index contributed by atoms with van der Waals surface area (Å²) in [4.78, 5) is 7.51. The summed E-state index contributed by atoms with van der Waals surface area (Å²) in [6, 6.07) is 3.28. The predicted octanol–water partition coefficient (Wildman–Crippen LogP) is 3.68. The number of halogens is 4. The van der Waals surface area contributed by atoms with Crippen molar-refractivity contribution < 1.29 is 4.39 Å². The van der Waals surface area contributed by atoms with Crippen molar-refractivity contribution in [3.63, 3.8) is 0 Å². The number of nitrogens with zero attached hydrogens (tertiary/aromatic N) is 2. The Morgan fingerprint density at radius 3 is 2.64 bits per heavy atom. The SMILES string of the molecule is Fc1c(I)ccc2c(Cl)nc(Cl)nc12. The standard InChI is InChI=1S/C8H2Cl2FIN2/c9-7-3-1-2-4(12)5(11)6(3)13-8(10)14-7/h1-2H. The van der Waals surface area contributed by atoms with Gasteiger partial charge in [0.2, 0.25) is 5.28 Å². The van der Waals surface area contributed by atoms with Crippen LogP contribution in [0.2, 0.25) is 10.4 Å². The molecular weight excluding hydrogens is 341 g/mol. The molecule has 1 heterocycles. The van der Waals surface area contributed by atoms with E-state index in [0.29, 0.717) is 8.96 Å². The number of aromatic nitrogens is 2. The van der Waals surface area contributed by atoms with E-state index in [1.54, 1.807) is 12.1 Å². The average Bonchev–Trinajstić information content (AvgIpc) is 2.12. The van der Waals surface area contributed by atoms with Crippen molar-refractivity contribution >= 4 is 56.7 Å². The molecule has 0 atom stereocenters. The molecule has 0 aliphatic carbocycles. The first-order valence-electron chi connectivity index (χ1n) is 3.56. The van der Waals surface area contributed by atoms with Crippen LogP contribution < -0.4 is 0 Å². The van der Waals surface area contributed by atoms with Gasteiger partial charge < -0.3 is 0 Å². The monoisotopic (exact) mass is 342 g/mol. The van der Waals surface area contributed by atoms with E-state index >= 15 is 0 Å². The van der Waals surface area contributed by atoms with Crippen molar-refractivity contribution in [1.82, 2.24) is 9.97 Å². The maximum absolute atomic E-state index is 13.5. The smallest absolute Gasteiger partial charge is 0.215 e. The van der Waals surface area contributed by atoms with Crippen molar-refractivity contribution in [3.05, 3.63) is 32.0 Å². The molecule has 0 radical (unpaired) electrons. The largest absolute Gasteiger partial charge is 0.224 e. The van der Waals surface area contributed by atoms with Gasteiger partial charge in [0.05, 0.1) is 3.57 Å². The summed E-state index contributed by atoms with van der Waals surface area (Å²) in [7, 11) is 0. The van der Waals surface area contributed by atoms with E-state index in [1.807, 2.05) is 22.6 Å². The molecule has 1 aromatic carbocycles. The van der Waals surface area contributed by atoms with E-state index in [0.717, 1.165) is 0 Å². The minimum Gasteiger partial charge on any atom is -0.215 e. The van der Waals surface area contributed by atoms with Gasteiger partial charge in [-0.15, -0.1) is 0 Å². The second kappa shape index (κ2) is 3.75. The summed E-state index contributed by atoms with van der Waals surface area (Å²) < 4.78 is 14.0. The maximum atomic E-state index is 13.5. The van der Waals surface area contributed by atoms with E-state index in [4.69, 9.17) is 23.2 Å². The Labute approximate surface area is 103 Å². The molecule has 0 fully saturated rings. The summed E-state index contributed by atoms with van der Waals surface area (Å²) in [5, 5.41) is 0.577. The third-order valence-corrected chi connectivity index (χ3v) is 2.98. The van der Waals surface area contributed by atoms with Gasteiger partial charge in [0, 0.05) is 5.39 Å².